The van der Waals surface area contributed by atoms with Crippen LogP contribution in [0.1, 0.15) is 44.9 Å². The van der Waals surface area contributed by atoms with Gasteiger partial charge in [-0.05, 0) is 55.7 Å². The molecule has 0 radical (unpaired) electrons. The Morgan fingerprint density at radius 2 is 1.82 bits per heavy atom. The van der Waals surface area contributed by atoms with Crippen molar-refractivity contribution in [1.29, 1.82) is 0 Å². The van der Waals surface area contributed by atoms with E-state index in [-0.39, 0.29) is 36.3 Å². The lowest BCUT2D eigenvalue weighted by Gasteiger charge is -2.44. The topological polar surface area (TPSA) is 172 Å². The molecule has 3 heterocycles. The highest BCUT2D eigenvalue weighted by molar-refractivity contribution is 14.1. The van der Waals surface area contributed by atoms with Crippen molar-refractivity contribution in [3.63, 3.8) is 0 Å². The molecule has 0 spiro atoms. The molecule has 236 valence electrons. The number of urea groups is 1. The summed E-state index contributed by atoms with van der Waals surface area (Å²) >= 11 is 1.36. The fraction of sp³-hybridized carbons (Fsp3) is 0.429. The molecule has 14 nitrogen and oxygen atoms in total. The number of β-lactam (4-membered cyclic amide) rings is 1. The molecule has 1 aromatic heterocycles. The van der Waals surface area contributed by atoms with Gasteiger partial charge in [0.05, 0.1) is 47.1 Å². The Morgan fingerprint density at radius 3 is 2.52 bits per heavy atom. The lowest BCUT2D eigenvalue weighted by molar-refractivity contribution is -0.169. The van der Waals surface area contributed by atoms with Gasteiger partial charge in [-0.3, -0.25) is 14.9 Å². The molecular formula is C28H30FIN4O10. The monoisotopic (exact) mass is 728 g/mol. The first-order chi connectivity index (χ1) is 20.8. The van der Waals surface area contributed by atoms with E-state index in [0.29, 0.717) is 11.1 Å². The summed E-state index contributed by atoms with van der Waals surface area (Å²) in [6.45, 7) is 5.97. The first kappa shape index (κ1) is 32.7. The number of fused-ring (bicyclic) bond motifs is 1. The maximum absolute atomic E-state index is 14.0. The molecule has 1 saturated heterocycles. The summed E-state index contributed by atoms with van der Waals surface area (Å²) in [4.78, 5) is 67.6. The first-order valence-electron chi connectivity index (χ1n) is 13.5. The van der Waals surface area contributed by atoms with Crippen molar-refractivity contribution in [2.75, 3.05) is 18.7 Å². The van der Waals surface area contributed by atoms with Gasteiger partial charge >= 0.3 is 28.1 Å². The summed E-state index contributed by atoms with van der Waals surface area (Å²) in [5, 5.41) is 5.07. The number of carbonyl (C=O) groups is 5. The van der Waals surface area contributed by atoms with Crippen LogP contribution in [0.3, 0.4) is 0 Å². The molecule has 2 aliphatic rings. The summed E-state index contributed by atoms with van der Waals surface area (Å²) in [5.74, 6) is -2.77. The van der Waals surface area contributed by atoms with Crippen LogP contribution in [0.4, 0.5) is 19.8 Å². The van der Waals surface area contributed by atoms with E-state index in [2.05, 4.69) is 15.6 Å². The lowest BCUT2D eigenvalue weighted by Crippen LogP contribution is -2.69. The number of aromatic nitrogens is 1. The van der Waals surface area contributed by atoms with Gasteiger partial charge in [0.25, 0.3) is 0 Å². The van der Waals surface area contributed by atoms with Gasteiger partial charge in [0, 0.05) is 6.20 Å². The predicted molar refractivity (Wildman–Crippen MR) is 157 cm³/mol. The Morgan fingerprint density at radius 1 is 1.09 bits per heavy atom. The third-order valence-corrected chi connectivity index (χ3v) is 7.04. The van der Waals surface area contributed by atoms with Gasteiger partial charge in [-0.25, -0.2) is 24.3 Å². The number of anilines is 1. The van der Waals surface area contributed by atoms with Crippen molar-refractivity contribution < 1.29 is 52.0 Å². The molecule has 2 N–H and O–H groups in total. The smallest absolute Gasteiger partial charge is 0.462 e. The molecule has 44 heavy (non-hydrogen) atoms. The molecule has 4 rings (SSSR count). The summed E-state index contributed by atoms with van der Waals surface area (Å²) in [7, 11) is 0. The number of amides is 4. The number of carbonyl (C=O) groups excluding carboxylic acids is 5. The minimum absolute atomic E-state index is 0.0311. The van der Waals surface area contributed by atoms with Crippen LogP contribution in [-0.4, -0.2) is 63.3 Å². The van der Waals surface area contributed by atoms with Gasteiger partial charge in [0.1, 0.15) is 5.82 Å². The molecule has 1 unspecified atom stereocenters. The second-order valence-electron chi connectivity index (χ2n) is 10.1. The highest BCUT2D eigenvalue weighted by Gasteiger charge is 2.55. The number of likely N-dealkylation sites (tertiary alicyclic amines) is 1. The zero-order valence-electron chi connectivity index (χ0n) is 24.1. The van der Waals surface area contributed by atoms with E-state index in [1.165, 1.54) is 47.0 Å². The van der Waals surface area contributed by atoms with E-state index >= 15 is 0 Å². The number of esters is 2. The molecule has 1 fully saturated rings. The SMILES string of the molecule is CCOC(=O)[C@@H]1[C@@H](Cc2ccnc(NC(=O)OCOC(=O)C(C)C)c2)C(=O)N1C(=O)N[C@H](C)c1ccc2c(c1)OC(F)(I)O2. The average Bonchev–Trinajstić information content (AvgIpc) is 3.27. The molecule has 2 aliphatic heterocycles. The Bertz CT molecular complexity index is 1460. The zero-order valence-corrected chi connectivity index (χ0v) is 26.3. The molecule has 2 aromatic rings. The molecule has 0 saturated carbocycles. The third kappa shape index (κ3) is 7.64. The fourth-order valence-electron chi connectivity index (χ4n) is 4.42. The number of benzene rings is 1. The van der Waals surface area contributed by atoms with Crippen LogP contribution in [0.25, 0.3) is 0 Å². The Labute approximate surface area is 265 Å². The Balaban J connectivity index is 1.39. The van der Waals surface area contributed by atoms with Crippen molar-refractivity contribution in [2.24, 2.45) is 11.8 Å². The van der Waals surface area contributed by atoms with Crippen LogP contribution in [0.2, 0.25) is 0 Å². The van der Waals surface area contributed by atoms with Crippen LogP contribution in [0.5, 0.6) is 11.5 Å². The minimum atomic E-state index is -2.34. The minimum Gasteiger partial charge on any atom is -0.464 e. The number of ether oxygens (including phenoxy) is 5. The van der Waals surface area contributed by atoms with Crippen molar-refractivity contribution in [1.82, 2.24) is 15.2 Å². The fourth-order valence-corrected chi connectivity index (χ4v) is 4.89. The van der Waals surface area contributed by atoms with Crippen molar-refractivity contribution in [2.45, 2.75) is 50.2 Å². The van der Waals surface area contributed by atoms with Gasteiger partial charge in [-0.2, -0.15) is 0 Å². The van der Waals surface area contributed by atoms with Crippen LogP contribution >= 0.6 is 22.6 Å². The number of alkyl halides is 2. The summed E-state index contributed by atoms with van der Waals surface area (Å²) in [5.41, 5.74) is 1.07. The number of halogens is 2. The van der Waals surface area contributed by atoms with E-state index in [1.54, 1.807) is 39.8 Å². The van der Waals surface area contributed by atoms with Gasteiger partial charge < -0.3 is 29.0 Å². The number of nitrogens with zero attached hydrogens (tertiary/aromatic N) is 2. The second kappa shape index (κ2) is 13.6. The number of rotatable bonds is 10. The van der Waals surface area contributed by atoms with Gasteiger partial charge in [0.2, 0.25) is 12.7 Å². The van der Waals surface area contributed by atoms with Gasteiger partial charge in [-0.15, -0.1) is 4.39 Å². The summed E-state index contributed by atoms with van der Waals surface area (Å²) in [6, 6.07) is 5.00. The maximum Gasteiger partial charge on any atom is 0.462 e. The lowest BCUT2D eigenvalue weighted by atomic mass is 9.82. The van der Waals surface area contributed by atoms with Crippen LogP contribution < -0.4 is 20.1 Å². The maximum atomic E-state index is 14.0. The highest BCUT2D eigenvalue weighted by atomic mass is 127. The molecule has 0 bridgehead atoms. The van der Waals surface area contributed by atoms with E-state index in [9.17, 15) is 28.4 Å². The van der Waals surface area contributed by atoms with Crippen LogP contribution in [-0.2, 0) is 35.0 Å². The Hall–Kier alpha value is -4.22. The number of pyridine rings is 1. The predicted octanol–water partition coefficient (Wildman–Crippen LogP) is 3.98. The summed E-state index contributed by atoms with van der Waals surface area (Å²) in [6.07, 6.45) is 0.492. The standard InChI is InChI=1S/C28H30FIN4O10/c1-5-40-25(37)22-18(10-16-8-9-31-21(11-16)33-27(39)42-13-41-24(36)14(2)3)23(35)34(22)26(38)32-15(4)17-6-7-19-20(12-17)44-28(29,30)43-19/h6-9,11-12,14-15,18,22H,5,10,13H2,1-4H3,(H,32,38)(H,31,33,39)/t15-,18-,22+,28?/m1/s1. The van der Waals surface area contributed by atoms with E-state index in [1.807, 2.05) is 0 Å². The number of hydrogen-bond acceptors (Lipinski definition) is 11. The number of nitrogens with one attached hydrogen (secondary N) is 2. The molecule has 1 aromatic carbocycles. The van der Waals surface area contributed by atoms with Crippen LogP contribution in [0, 0.1) is 11.8 Å². The van der Waals surface area contributed by atoms with E-state index in [0.717, 1.165) is 4.90 Å². The quantitative estimate of drug-likeness (QED) is 0.119. The van der Waals surface area contributed by atoms with Gasteiger partial charge in [0.15, 0.2) is 17.5 Å². The molecule has 16 heteroatoms. The van der Waals surface area contributed by atoms with Crippen molar-refractivity contribution in [3.8, 4) is 11.5 Å². The first-order valence-corrected chi connectivity index (χ1v) is 14.6. The highest BCUT2D eigenvalue weighted by Crippen LogP contribution is 2.44. The van der Waals surface area contributed by atoms with E-state index < -0.39 is 58.8 Å². The van der Waals surface area contributed by atoms with Crippen molar-refractivity contribution >= 4 is 58.4 Å². The normalized spacial score (nSPS) is 20.8. The number of imide groups is 1. The van der Waals surface area contributed by atoms with Crippen LogP contribution in [0.15, 0.2) is 36.5 Å². The zero-order chi connectivity index (χ0) is 32.2. The number of hydrogen-bond donors (Lipinski definition) is 2. The average molecular weight is 728 g/mol. The molecule has 4 amide bonds. The summed E-state index contributed by atoms with van der Waals surface area (Å²) < 4.78 is 36.6. The van der Waals surface area contributed by atoms with E-state index in [4.69, 9.17) is 23.7 Å². The molecule has 0 aliphatic carbocycles. The second-order valence-corrected chi connectivity index (χ2v) is 11.4. The molecule has 4 atom stereocenters. The largest absolute Gasteiger partial charge is 0.464 e. The molecular weight excluding hydrogens is 698 g/mol. The van der Waals surface area contributed by atoms with Gasteiger partial charge in [-0.1, -0.05) is 19.9 Å². The Kier molecular flexibility index (Phi) is 10.1. The van der Waals surface area contributed by atoms with Crippen molar-refractivity contribution in [3.05, 3.63) is 47.7 Å². The third-order valence-electron chi connectivity index (χ3n) is 6.60.